The minimum Gasteiger partial charge on any atom is -0.500 e. The molecule has 22 heavy (non-hydrogen) atoms. The van der Waals surface area contributed by atoms with Crippen LogP contribution in [0.25, 0.3) is 0 Å². The van der Waals surface area contributed by atoms with Crippen molar-refractivity contribution >= 4 is 18.1 Å². The van der Waals surface area contributed by atoms with E-state index in [9.17, 15) is 20.3 Å². The molecule has 0 spiro atoms. The molecule has 124 valence electrons. The Hall–Kier alpha value is -1.61. The van der Waals surface area contributed by atoms with Gasteiger partial charge in [0, 0.05) is 32.2 Å². The maximum atomic E-state index is 11.0. The second kappa shape index (κ2) is 8.14. The van der Waals surface area contributed by atoms with Gasteiger partial charge in [0.1, 0.15) is 0 Å². The minimum absolute atomic E-state index is 0. The third-order valence-corrected chi connectivity index (χ3v) is 3.64. The molecule has 1 atom stereocenters. The Kier molecular flexibility index (Phi) is 6.82. The number of benzene rings is 1. The van der Waals surface area contributed by atoms with Crippen molar-refractivity contribution in [2.24, 2.45) is 0 Å². The summed E-state index contributed by atoms with van der Waals surface area (Å²) < 4.78 is 4.99. The fraction of sp³-hybridized carbons (Fsp3) is 0.538. The largest absolute Gasteiger partial charge is 0.500 e. The van der Waals surface area contributed by atoms with Gasteiger partial charge in [-0.15, -0.1) is 12.4 Å². The Morgan fingerprint density at radius 1 is 1.45 bits per heavy atom. The lowest BCUT2D eigenvalue weighted by Crippen LogP contribution is -2.46. The van der Waals surface area contributed by atoms with Gasteiger partial charge in [-0.25, -0.2) is 0 Å². The first-order valence-electron chi connectivity index (χ1n) is 6.69. The van der Waals surface area contributed by atoms with E-state index < -0.39 is 16.4 Å². The van der Waals surface area contributed by atoms with Crippen molar-refractivity contribution in [3.8, 4) is 11.5 Å². The van der Waals surface area contributed by atoms with Crippen molar-refractivity contribution in [1.29, 1.82) is 0 Å². The van der Waals surface area contributed by atoms with Crippen LogP contribution in [-0.4, -0.2) is 59.9 Å². The summed E-state index contributed by atoms with van der Waals surface area (Å²) in [5.41, 5.74) is 0.138. The number of halogens is 1. The molecule has 1 aliphatic heterocycles. The molecule has 0 aliphatic carbocycles. The molecule has 0 bridgehead atoms. The monoisotopic (exact) mass is 333 g/mol. The van der Waals surface area contributed by atoms with Crippen LogP contribution in [0.15, 0.2) is 12.1 Å². The number of rotatable bonds is 5. The summed E-state index contributed by atoms with van der Waals surface area (Å²) in [6.45, 7) is 2.91. The van der Waals surface area contributed by atoms with Gasteiger partial charge in [-0.3, -0.25) is 15.0 Å². The third-order valence-electron chi connectivity index (χ3n) is 3.64. The number of hydrogen-bond acceptors (Lipinski definition) is 7. The van der Waals surface area contributed by atoms with Gasteiger partial charge in [0.25, 0.3) is 0 Å². The van der Waals surface area contributed by atoms with Crippen LogP contribution in [-0.2, 0) is 0 Å². The van der Waals surface area contributed by atoms with Crippen LogP contribution in [0.1, 0.15) is 11.6 Å². The van der Waals surface area contributed by atoms with Crippen LogP contribution >= 0.6 is 12.4 Å². The zero-order chi connectivity index (χ0) is 15.4. The Morgan fingerprint density at radius 2 is 2.09 bits per heavy atom. The van der Waals surface area contributed by atoms with Gasteiger partial charge in [-0.05, 0) is 11.6 Å². The van der Waals surface area contributed by atoms with Gasteiger partial charge < -0.3 is 20.3 Å². The molecule has 0 unspecified atom stereocenters. The highest BCUT2D eigenvalue weighted by molar-refractivity contribution is 5.85. The van der Waals surface area contributed by atoms with Crippen LogP contribution in [0.5, 0.6) is 11.5 Å². The Labute approximate surface area is 134 Å². The number of aromatic hydroxyl groups is 1. The number of phenolic OH excluding ortho intramolecular Hbond substituents is 1. The molecule has 1 aliphatic rings. The number of ether oxygens (including phenoxy) is 1. The minimum atomic E-state index is -0.659. The number of aliphatic hydroxyl groups is 1. The first kappa shape index (κ1) is 18.4. The summed E-state index contributed by atoms with van der Waals surface area (Å²) in [4.78, 5) is 12.4. The smallest absolute Gasteiger partial charge is 0.314 e. The molecule has 1 aromatic carbocycles. The van der Waals surface area contributed by atoms with Gasteiger partial charge in [0.05, 0.1) is 24.7 Å². The molecule has 0 amide bonds. The summed E-state index contributed by atoms with van der Waals surface area (Å²) in [5.74, 6) is -0.462. The van der Waals surface area contributed by atoms with Crippen molar-refractivity contribution < 1.29 is 19.9 Å². The van der Waals surface area contributed by atoms with Crippen LogP contribution in [0.3, 0.4) is 0 Å². The summed E-state index contributed by atoms with van der Waals surface area (Å²) in [7, 11) is 1.33. The summed E-state index contributed by atoms with van der Waals surface area (Å²) in [6, 6.07) is 2.46. The molecule has 0 aromatic heterocycles. The molecule has 9 heteroatoms. The van der Waals surface area contributed by atoms with E-state index in [2.05, 4.69) is 5.32 Å². The van der Waals surface area contributed by atoms with Crippen LogP contribution in [0, 0.1) is 10.1 Å². The Balaban J connectivity index is 0.00000242. The van der Waals surface area contributed by atoms with E-state index in [1.165, 1.54) is 19.2 Å². The summed E-state index contributed by atoms with van der Waals surface area (Å²) >= 11 is 0. The number of nitro benzene ring substituents is 1. The maximum Gasteiger partial charge on any atom is 0.314 e. The number of phenols is 1. The average Bonchev–Trinajstić information content (AvgIpc) is 2.50. The van der Waals surface area contributed by atoms with Crippen molar-refractivity contribution in [3.05, 3.63) is 27.8 Å². The zero-order valence-corrected chi connectivity index (χ0v) is 13.0. The molecule has 2 rings (SSSR count). The number of aliphatic hydroxyl groups excluding tert-OH is 1. The van der Waals surface area contributed by atoms with Crippen molar-refractivity contribution in [1.82, 2.24) is 10.2 Å². The van der Waals surface area contributed by atoms with E-state index in [1.54, 1.807) is 0 Å². The van der Waals surface area contributed by atoms with Gasteiger partial charge in [-0.1, -0.05) is 0 Å². The van der Waals surface area contributed by atoms with Gasteiger partial charge >= 0.3 is 5.69 Å². The molecule has 1 heterocycles. The predicted molar refractivity (Wildman–Crippen MR) is 82.8 cm³/mol. The van der Waals surface area contributed by atoms with E-state index in [0.717, 1.165) is 26.2 Å². The van der Waals surface area contributed by atoms with Crippen molar-refractivity contribution in [3.63, 3.8) is 0 Å². The molecule has 1 saturated heterocycles. The lowest BCUT2D eigenvalue weighted by Gasteiger charge is -2.34. The molecule has 0 saturated carbocycles. The lowest BCUT2D eigenvalue weighted by atomic mass is 10.0. The normalized spacial score (nSPS) is 16.6. The Bertz CT molecular complexity index is 523. The number of methoxy groups -OCH3 is 1. The van der Waals surface area contributed by atoms with E-state index in [-0.39, 0.29) is 30.8 Å². The Morgan fingerprint density at radius 3 is 2.59 bits per heavy atom. The SMILES string of the molecule is COc1cc([C@@H](CO)N2CCNCC2)cc([N+](=O)[O-])c1O.Cl. The highest BCUT2D eigenvalue weighted by atomic mass is 35.5. The highest BCUT2D eigenvalue weighted by Gasteiger charge is 2.27. The number of nitrogens with one attached hydrogen (secondary N) is 1. The van der Waals surface area contributed by atoms with E-state index in [0.29, 0.717) is 5.56 Å². The summed E-state index contributed by atoms with van der Waals surface area (Å²) in [5, 5.41) is 33.7. The first-order valence-corrected chi connectivity index (χ1v) is 6.69. The molecule has 1 aromatic rings. The number of nitro groups is 1. The number of piperazine rings is 1. The fourth-order valence-electron chi connectivity index (χ4n) is 2.53. The zero-order valence-electron chi connectivity index (χ0n) is 12.2. The topological polar surface area (TPSA) is 108 Å². The van der Waals surface area contributed by atoms with Crippen molar-refractivity contribution in [2.45, 2.75) is 6.04 Å². The second-order valence-corrected chi connectivity index (χ2v) is 4.83. The van der Waals surface area contributed by atoms with Crippen molar-refractivity contribution in [2.75, 3.05) is 39.9 Å². The van der Waals surface area contributed by atoms with Crippen LogP contribution < -0.4 is 10.1 Å². The molecule has 3 N–H and O–H groups in total. The van der Waals surface area contributed by atoms with Gasteiger partial charge in [-0.2, -0.15) is 0 Å². The van der Waals surface area contributed by atoms with Crippen LogP contribution in [0.4, 0.5) is 5.69 Å². The highest BCUT2D eigenvalue weighted by Crippen LogP contribution is 2.39. The number of nitrogens with zero attached hydrogens (tertiary/aromatic N) is 2. The third kappa shape index (κ3) is 3.77. The average molecular weight is 334 g/mol. The lowest BCUT2D eigenvalue weighted by molar-refractivity contribution is -0.386. The van der Waals surface area contributed by atoms with E-state index in [4.69, 9.17) is 4.74 Å². The van der Waals surface area contributed by atoms with Gasteiger partial charge in [0.15, 0.2) is 5.75 Å². The molecular weight excluding hydrogens is 314 g/mol. The predicted octanol–water partition coefficient (Wildman–Crippen LogP) is 0.669. The standard InChI is InChI=1S/C13H19N3O5.ClH/c1-21-12-7-9(6-10(13(12)18)16(19)20)11(8-17)15-4-2-14-3-5-15;/h6-7,11,14,17-18H,2-5,8H2,1H3;1H/t11-;/m1./s1. The fourth-order valence-corrected chi connectivity index (χ4v) is 2.53. The summed E-state index contributed by atoms with van der Waals surface area (Å²) in [6.07, 6.45) is 0. The molecule has 8 nitrogen and oxygen atoms in total. The van der Waals surface area contributed by atoms with Crippen LogP contribution in [0.2, 0.25) is 0 Å². The quantitative estimate of drug-likeness (QED) is 0.537. The maximum absolute atomic E-state index is 11.0. The number of hydrogen-bond donors (Lipinski definition) is 3. The van der Waals surface area contributed by atoms with Gasteiger partial charge in [0.2, 0.25) is 5.75 Å². The first-order chi connectivity index (χ1) is 10.1. The molecule has 0 radical (unpaired) electrons. The van der Waals surface area contributed by atoms with E-state index >= 15 is 0 Å². The molecular formula is C13H20ClN3O5. The second-order valence-electron chi connectivity index (χ2n) is 4.83. The van der Waals surface area contributed by atoms with E-state index in [1.807, 2.05) is 4.90 Å². The molecule has 1 fully saturated rings.